The van der Waals surface area contributed by atoms with E-state index >= 15 is 0 Å². The monoisotopic (exact) mass is 297 g/mol. The molecule has 4 atom stereocenters. The lowest BCUT2D eigenvalue weighted by Gasteiger charge is -2.39. The lowest BCUT2D eigenvalue weighted by molar-refractivity contribution is -0.155. The van der Waals surface area contributed by atoms with Crippen LogP contribution in [0.25, 0.3) is 0 Å². The van der Waals surface area contributed by atoms with Gasteiger partial charge in [-0.3, -0.25) is 4.79 Å². The summed E-state index contributed by atoms with van der Waals surface area (Å²) in [5.41, 5.74) is 0. The van der Waals surface area contributed by atoms with Gasteiger partial charge in [-0.05, 0) is 37.0 Å². The van der Waals surface area contributed by atoms with Gasteiger partial charge in [0.05, 0.1) is 7.11 Å². The second-order valence-electron chi connectivity index (χ2n) is 6.83. The SMILES string of the molecule is CCC(C(=O)OC)N(C)C(=O)[C@@H]1C[C@H](C)CC[C@H]1C(C)C. The smallest absolute Gasteiger partial charge is 0.328 e. The fraction of sp³-hybridized carbons (Fsp3) is 0.882. The zero-order valence-corrected chi connectivity index (χ0v) is 14.4. The maximum Gasteiger partial charge on any atom is 0.328 e. The molecule has 1 aliphatic rings. The van der Waals surface area contributed by atoms with Crippen molar-refractivity contribution in [2.75, 3.05) is 14.2 Å². The molecule has 0 bridgehead atoms. The van der Waals surface area contributed by atoms with Crippen LogP contribution in [0, 0.1) is 23.7 Å². The van der Waals surface area contributed by atoms with Crippen LogP contribution < -0.4 is 0 Å². The van der Waals surface area contributed by atoms with Gasteiger partial charge in [-0.25, -0.2) is 4.79 Å². The highest BCUT2D eigenvalue weighted by Crippen LogP contribution is 2.39. The summed E-state index contributed by atoms with van der Waals surface area (Å²) in [5, 5.41) is 0. The van der Waals surface area contributed by atoms with Crippen LogP contribution in [-0.4, -0.2) is 37.0 Å². The van der Waals surface area contributed by atoms with E-state index in [-0.39, 0.29) is 17.8 Å². The van der Waals surface area contributed by atoms with E-state index in [0.29, 0.717) is 24.2 Å². The molecule has 1 unspecified atom stereocenters. The standard InChI is InChI=1S/C17H31NO3/c1-7-15(17(20)21-6)18(5)16(19)14-10-12(4)8-9-13(14)11(2)3/h11-15H,7-10H2,1-6H3/t12-,13+,14-,15?/m1/s1. The Morgan fingerprint density at radius 3 is 2.38 bits per heavy atom. The molecule has 0 aromatic carbocycles. The van der Waals surface area contributed by atoms with Gasteiger partial charge in [-0.15, -0.1) is 0 Å². The molecule has 1 amide bonds. The summed E-state index contributed by atoms with van der Waals surface area (Å²) in [6.07, 6.45) is 3.83. The van der Waals surface area contributed by atoms with E-state index in [1.165, 1.54) is 13.5 Å². The maximum absolute atomic E-state index is 12.9. The third-order valence-corrected chi connectivity index (χ3v) is 5.01. The molecule has 0 aromatic heterocycles. The van der Waals surface area contributed by atoms with Crippen molar-refractivity contribution in [2.24, 2.45) is 23.7 Å². The van der Waals surface area contributed by atoms with Gasteiger partial charge in [0.25, 0.3) is 0 Å². The molecule has 1 aliphatic carbocycles. The van der Waals surface area contributed by atoms with Crippen LogP contribution in [-0.2, 0) is 14.3 Å². The zero-order valence-electron chi connectivity index (χ0n) is 14.4. The van der Waals surface area contributed by atoms with E-state index in [4.69, 9.17) is 4.74 Å². The molecule has 1 rings (SSSR count). The van der Waals surface area contributed by atoms with Gasteiger partial charge in [-0.2, -0.15) is 0 Å². The highest BCUT2D eigenvalue weighted by molar-refractivity contribution is 5.85. The topological polar surface area (TPSA) is 46.6 Å². The van der Waals surface area contributed by atoms with E-state index in [9.17, 15) is 9.59 Å². The van der Waals surface area contributed by atoms with E-state index in [1.807, 2.05) is 6.92 Å². The van der Waals surface area contributed by atoms with E-state index in [1.54, 1.807) is 11.9 Å². The predicted octanol–water partition coefficient (Wildman–Crippen LogP) is 3.10. The number of carbonyl (C=O) groups is 2. The Morgan fingerprint density at radius 1 is 1.29 bits per heavy atom. The number of methoxy groups -OCH3 is 1. The maximum atomic E-state index is 12.9. The highest BCUT2D eigenvalue weighted by atomic mass is 16.5. The Balaban J connectivity index is 2.89. The summed E-state index contributed by atoms with van der Waals surface area (Å²) in [7, 11) is 3.12. The summed E-state index contributed by atoms with van der Waals surface area (Å²) in [5.74, 6) is 1.33. The Labute approximate surface area is 129 Å². The third-order valence-electron chi connectivity index (χ3n) is 5.01. The van der Waals surface area contributed by atoms with Crippen molar-refractivity contribution in [3.8, 4) is 0 Å². The molecule has 0 radical (unpaired) electrons. The fourth-order valence-corrected chi connectivity index (χ4v) is 3.64. The number of hydrogen-bond donors (Lipinski definition) is 0. The van der Waals surface area contributed by atoms with Gasteiger partial charge in [0.1, 0.15) is 6.04 Å². The molecule has 4 heteroatoms. The number of amides is 1. The molecule has 122 valence electrons. The van der Waals surface area contributed by atoms with Crippen molar-refractivity contribution < 1.29 is 14.3 Å². The minimum atomic E-state index is -0.465. The van der Waals surface area contributed by atoms with E-state index in [2.05, 4.69) is 20.8 Å². The van der Waals surface area contributed by atoms with Crippen LogP contribution in [0.1, 0.15) is 53.4 Å². The predicted molar refractivity (Wildman–Crippen MR) is 83.7 cm³/mol. The Bertz CT molecular complexity index is 367. The molecule has 0 saturated heterocycles. The van der Waals surface area contributed by atoms with E-state index in [0.717, 1.165) is 12.8 Å². The summed E-state index contributed by atoms with van der Waals surface area (Å²) >= 11 is 0. The molecular formula is C17H31NO3. The van der Waals surface area contributed by atoms with Gasteiger partial charge >= 0.3 is 5.97 Å². The number of nitrogens with zero attached hydrogens (tertiary/aromatic N) is 1. The quantitative estimate of drug-likeness (QED) is 0.733. The van der Waals surface area contributed by atoms with Crippen molar-refractivity contribution in [2.45, 2.75) is 59.4 Å². The van der Waals surface area contributed by atoms with Gasteiger partial charge in [0.15, 0.2) is 0 Å². The van der Waals surface area contributed by atoms with Crippen molar-refractivity contribution >= 4 is 11.9 Å². The molecule has 1 saturated carbocycles. The number of likely N-dealkylation sites (N-methyl/N-ethyl adjacent to an activating group) is 1. The van der Waals surface area contributed by atoms with Gasteiger partial charge in [-0.1, -0.05) is 34.1 Å². The van der Waals surface area contributed by atoms with Crippen molar-refractivity contribution in [1.82, 2.24) is 4.90 Å². The van der Waals surface area contributed by atoms with Crippen LogP contribution in [0.4, 0.5) is 0 Å². The molecule has 0 aliphatic heterocycles. The number of carbonyl (C=O) groups excluding carboxylic acids is 2. The molecule has 4 nitrogen and oxygen atoms in total. The molecule has 0 N–H and O–H groups in total. The average molecular weight is 297 g/mol. The molecular weight excluding hydrogens is 266 g/mol. The third kappa shape index (κ3) is 4.21. The minimum Gasteiger partial charge on any atom is -0.467 e. The fourth-order valence-electron chi connectivity index (χ4n) is 3.64. The first-order valence-corrected chi connectivity index (χ1v) is 8.17. The first-order valence-electron chi connectivity index (χ1n) is 8.17. The van der Waals surface area contributed by atoms with Crippen molar-refractivity contribution in [3.63, 3.8) is 0 Å². The Morgan fingerprint density at radius 2 is 1.90 bits per heavy atom. The minimum absolute atomic E-state index is 0.0393. The molecule has 0 heterocycles. The van der Waals surface area contributed by atoms with Crippen LogP contribution in [0.2, 0.25) is 0 Å². The molecule has 1 fully saturated rings. The Hall–Kier alpha value is -1.06. The average Bonchev–Trinajstić information content (AvgIpc) is 2.46. The lowest BCUT2D eigenvalue weighted by Crippen LogP contribution is -2.48. The van der Waals surface area contributed by atoms with Crippen LogP contribution in [0.15, 0.2) is 0 Å². The number of ether oxygens (including phenoxy) is 1. The van der Waals surface area contributed by atoms with Gasteiger partial charge in [0, 0.05) is 13.0 Å². The largest absolute Gasteiger partial charge is 0.467 e. The zero-order chi connectivity index (χ0) is 16.2. The first kappa shape index (κ1) is 18.0. The van der Waals surface area contributed by atoms with Crippen LogP contribution >= 0.6 is 0 Å². The van der Waals surface area contributed by atoms with Crippen LogP contribution in [0.3, 0.4) is 0 Å². The second kappa shape index (κ2) is 7.81. The molecule has 0 aromatic rings. The molecule has 21 heavy (non-hydrogen) atoms. The molecule has 0 spiro atoms. The van der Waals surface area contributed by atoms with Gasteiger partial charge < -0.3 is 9.64 Å². The number of rotatable bonds is 5. The summed E-state index contributed by atoms with van der Waals surface area (Å²) in [4.78, 5) is 26.3. The highest BCUT2D eigenvalue weighted by Gasteiger charge is 2.39. The summed E-state index contributed by atoms with van der Waals surface area (Å²) in [6, 6.07) is -0.465. The number of hydrogen-bond acceptors (Lipinski definition) is 3. The lowest BCUT2D eigenvalue weighted by atomic mass is 9.69. The normalized spacial score (nSPS) is 27.3. The van der Waals surface area contributed by atoms with Crippen molar-refractivity contribution in [3.05, 3.63) is 0 Å². The second-order valence-corrected chi connectivity index (χ2v) is 6.83. The summed E-state index contributed by atoms with van der Waals surface area (Å²) in [6.45, 7) is 8.51. The first-order chi connectivity index (χ1) is 9.83. The Kier molecular flexibility index (Phi) is 6.69. The van der Waals surface area contributed by atoms with Gasteiger partial charge in [0.2, 0.25) is 5.91 Å². The van der Waals surface area contributed by atoms with E-state index < -0.39 is 6.04 Å². The van der Waals surface area contributed by atoms with Crippen molar-refractivity contribution in [1.29, 1.82) is 0 Å². The summed E-state index contributed by atoms with van der Waals surface area (Å²) < 4.78 is 4.82. The number of esters is 1. The van der Waals surface area contributed by atoms with Crippen LogP contribution in [0.5, 0.6) is 0 Å².